The number of nitriles is 1. The summed E-state index contributed by atoms with van der Waals surface area (Å²) >= 11 is 0. The van der Waals surface area contributed by atoms with Gasteiger partial charge in [0.25, 0.3) is 0 Å². The van der Waals surface area contributed by atoms with Crippen molar-refractivity contribution in [2.24, 2.45) is 0 Å². The fourth-order valence-corrected chi connectivity index (χ4v) is 2.08. The Bertz CT molecular complexity index is 689. The van der Waals surface area contributed by atoms with Crippen LogP contribution in [0.5, 0.6) is 5.75 Å². The van der Waals surface area contributed by atoms with Crippen molar-refractivity contribution >= 4 is 5.91 Å². The molecule has 2 aromatic rings. The molecule has 2 rings (SSSR count). The Labute approximate surface area is 130 Å². The zero-order valence-electron chi connectivity index (χ0n) is 12.5. The van der Waals surface area contributed by atoms with Gasteiger partial charge in [-0.3, -0.25) is 4.79 Å². The average Bonchev–Trinajstić information content (AvgIpc) is 2.52. The Kier molecular flexibility index (Phi) is 5.56. The van der Waals surface area contributed by atoms with Crippen molar-refractivity contribution in [3.8, 4) is 11.8 Å². The molecule has 0 fully saturated rings. The summed E-state index contributed by atoms with van der Waals surface area (Å²) in [6.45, 7) is 2.87. The number of aryl methyl sites for hydroxylation is 1. The van der Waals surface area contributed by atoms with Crippen molar-refractivity contribution in [2.45, 2.75) is 26.5 Å². The van der Waals surface area contributed by atoms with Crippen LogP contribution in [0.2, 0.25) is 0 Å². The molecule has 0 aliphatic heterocycles. The highest BCUT2D eigenvalue weighted by Crippen LogP contribution is 2.19. The molecule has 0 heterocycles. The first-order valence-electron chi connectivity index (χ1n) is 7.09. The lowest BCUT2D eigenvalue weighted by Gasteiger charge is -2.12. The number of rotatable bonds is 6. The molecule has 112 valence electrons. The summed E-state index contributed by atoms with van der Waals surface area (Å²) in [4.78, 5) is 11.4. The zero-order chi connectivity index (χ0) is 15.8. The molecule has 0 saturated heterocycles. The largest absolute Gasteiger partial charge is 0.489 e. The molecule has 1 amide bonds. The van der Waals surface area contributed by atoms with Crippen molar-refractivity contribution in [2.75, 3.05) is 0 Å². The summed E-state index contributed by atoms with van der Waals surface area (Å²) in [7, 11) is 0. The number of para-hydroxylation sites is 1. The molecule has 2 aromatic carbocycles. The van der Waals surface area contributed by atoms with Crippen molar-refractivity contribution < 1.29 is 9.53 Å². The number of carbonyl (C=O) groups excluding carboxylic acids is 1. The Morgan fingerprint density at radius 3 is 2.82 bits per heavy atom. The second kappa shape index (κ2) is 7.84. The Hall–Kier alpha value is -2.80. The first-order valence-corrected chi connectivity index (χ1v) is 7.09. The molecule has 0 aliphatic rings. The predicted molar refractivity (Wildman–Crippen MR) is 84.0 cm³/mol. The number of nitrogens with one attached hydrogen (secondary N) is 1. The molecule has 4 heteroatoms. The Morgan fingerprint density at radius 2 is 2.05 bits per heavy atom. The minimum Gasteiger partial charge on any atom is -0.489 e. The van der Waals surface area contributed by atoms with E-state index in [9.17, 15) is 4.79 Å². The first kappa shape index (κ1) is 15.6. The molecule has 0 radical (unpaired) electrons. The maximum Gasteiger partial charge on any atom is 0.234 e. The summed E-state index contributed by atoms with van der Waals surface area (Å²) in [5.74, 6) is 0.456. The van der Waals surface area contributed by atoms with Crippen LogP contribution in [0.15, 0.2) is 48.5 Å². The van der Waals surface area contributed by atoms with Gasteiger partial charge in [0.05, 0.1) is 6.07 Å². The maximum absolute atomic E-state index is 11.4. The molecule has 0 atom stereocenters. The molecule has 1 N–H and O–H groups in total. The van der Waals surface area contributed by atoms with Gasteiger partial charge in [0, 0.05) is 12.1 Å². The van der Waals surface area contributed by atoms with E-state index in [1.807, 2.05) is 55.5 Å². The number of ether oxygens (including phenoxy) is 1. The van der Waals surface area contributed by atoms with Gasteiger partial charge in [-0.2, -0.15) is 5.26 Å². The van der Waals surface area contributed by atoms with Crippen LogP contribution >= 0.6 is 0 Å². The Morgan fingerprint density at radius 1 is 1.23 bits per heavy atom. The number of hydrogen-bond acceptors (Lipinski definition) is 3. The highest BCUT2D eigenvalue weighted by Gasteiger charge is 2.06. The van der Waals surface area contributed by atoms with Crippen molar-refractivity contribution in [3.05, 3.63) is 65.2 Å². The van der Waals surface area contributed by atoms with E-state index in [1.54, 1.807) is 0 Å². The van der Waals surface area contributed by atoms with E-state index in [-0.39, 0.29) is 12.3 Å². The quantitative estimate of drug-likeness (QED) is 0.890. The van der Waals surface area contributed by atoms with Gasteiger partial charge in [-0.25, -0.2) is 0 Å². The van der Waals surface area contributed by atoms with Gasteiger partial charge in [-0.1, -0.05) is 48.0 Å². The van der Waals surface area contributed by atoms with Gasteiger partial charge in [0.2, 0.25) is 5.91 Å². The summed E-state index contributed by atoms with van der Waals surface area (Å²) in [5.41, 5.74) is 3.18. The molecule has 0 saturated carbocycles. The molecular weight excluding hydrogens is 276 g/mol. The van der Waals surface area contributed by atoms with Gasteiger partial charge in [0.1, 0.15) is 18.8 Å². The van der Waals surface area contributed by atoms with Gasteiger partial charge in [-0.15, -0.1) is 0 Å². The van der Waals surface area contributed by atoms with Gasteiger partial charge < -0.3 is 10.1 Å². The van der Waals surface area contributed by atoms with E-state index in [4.69, 9.17) is 10.00 Å². The third kappa shape index (κ3) is 4.64. The minimum absolute atomic E-state index is 0.133. The highest BCUT2D eigenvalue weighted by molar-refractivity contribution is 5.78. The smallest absolute Gasteiger partial charge is 0.234 e. The van der Waals surface area contributed by atoms with Crippen LogP contribution < -0.4 is 10.1 Å². The average molecular weight is 294 g/mol. The van der Waals surface area contributed by atoms with Crippen LogP contribution in [0, 0.1) is 18.3 Å². The minimum atomic E-state index is -0.281. The van der Waals surface area contributed by atoms with Crippen LogP contribution in [-0.2, 0) is 17.9 Å². The molecule has 0 bridgehead atoms. The molecule has 0 spiro atoms. The normalized spacial score (nSPS) is 9.82. The fraction of sp³-hybridized carbons (Fsp3) is 0.222. The summed E-state index contributed by atoms with van der Waals surface area (Å²) in [6.07, 6.45) is -0.133. The van der Waals surface area contributed by atoms with Crippen molar-refractivity contribution in [1.29, 1.82) is 5.26 Å². The number of carbonyl (C=O) groups is 1. The van der Waals surface area contributed by atoms with E-state index >= 15 is 0 Å². The van der Waals surface area contributed by atoms with Gasteiger partial charge >= 0.3 is 0 Å². The second-order valence-corrected chi connectivity index (χ2v) is 5.00. The molecule has 22 heavy (non-hydrogen) atoms. The molecule has 0 unspecified atom stereocenters. The van der Waals surface area contributed by atoms with Crippen LogP contribution in [0.3, 0.4) is 0 Å². The molecular formula is C18H18N2O2. The van der Waals surface area contributed by atoms with E-state index in [2.05, 4.69) is 11.4 Å². The maximum atomic E-state index is 11.4. The van der Waals surface area contributed by atoms with Gasteiger partial charge in [-0.05, 0) is 18.6 Å². The van der Waals surface area contributed by atoms with E-state index in [0.29, 0.717) is 13.2 Å². The number of benzene rings is 2. The lowest BCUT2D eigenvalue weighted by atomic mass is 10.1. The summed E-state index contributed by atoms with van der Waals surface area (Å²) < 4.78 is 5.85. The number of nitrogens with zero attached hydrogens (tertiary/aromatic N) is 1. The monoisotopic (exact) mass is 294 g/mol. The summed E-state index contributed by atoms with van der Waals surface area (Å²) in [6, 6.07) is 17.5. The SMILES string of the molecule is Cc1cccc(COc2ccccc2CNC(=O)CC#N)c1. The third-order valence-corrected chi connectivity index (χ3v) is 3.17. The van der Waals surface area contributed by atoms with E-state index in [1.165, 1.54) is 5.56 Å². The molecule has 0 aromatic heterocycles. The van der Waals surface area contributed by atoms with Crippen LogP contribution in [-0.4, -0.2) is 5.91 Å². The lowest BCUT2D eigenvalue weighted by molar-refractivity contribution is -0.120. The first-order chi connectivity index (χ1) is 10.7. The number of hydrogen-bond donors (Lipinski definition) is 1. The van der Waals surface area contributed by atoms with Crippen LogP contribution in [0.25, 0.3) is 0 Å². The molecule has 4 nitrogen and oxygen atoms in total. The standard InChI is InChI=1S/C18H18N2O2/c1-14-5-4-6-15(11-14)13-22-17-8-3-2-7-16(17)12-20-18(21)9-10-19/h2-8,11H,9,12-13H2,1H3,(H,20,21). The summed E-state index contributed by atoms with van der Waals surface area (Å²) in [5, 5.41) is 11.2. The van der Waals surface area contributed by atoms with Crippen molar-refractivity contribution in [1.82, 2.24) is 5.32 Å². The van der Waals surface area contributed by atoms with Crippen molar-refractivity contribution in [3.63, 3.8) is 0 Å². The predicted octanol–water partition coefficient (Wildman–Crippen LogP) is 3.10. The van der Waals surface area contributed by atoms with Gasteiger partial charge in [0.15, 0.2) is 0 Å². The topological polar surface area (TPSA) is 62.1 Å². The van der Waals surface area contributed by atoms with Crippen LogP contribution in [0.1, 0.15) is 23.1 Å². The molecule has 0 aliphatic carbocycles. The number of amides is 1. The Balaban J connectivity index is 1.99. The second-order valence-electron chi connectivity index (χ2n) is 5.00. The van der Waals surface area contributed by atoms with E-state index < -0.39 is 0 Å². The van der Waals surface area contributed by atoms with E-state index in [0.717, 1.165) is 16.9 Å². The fourth-order valence-electron chi connectivity index (χ4n) is 2.08. The zero-order valence-corrected chi connectivity index (χ0v) is 12.5. The third-order valence-electron chi connectivity index (χ3n) is 3.17. The highest BCUT2D eigenvalue weighted by atomic mass is 16.5. The lowest BCUT2D eigenvalue weighted by Crippen LogP contribution is -2.22. The van der Waals surface area contributed by atoms with Crippen LogP contribution in [0.4, 0.5) is 0 Å².